The molecular formula is C25H34N6O5S2. The molecule has 2 aliphatic rings. The lowest BCUT2D eigenvalue weighted by atomic mass is 9.93. The number of hydrogen-bond acceptors (Lipinski definition) is 8. The van der Waals surface area contributed by atoms with Crippen LogP contribution in [0, 0.1) is 5.41 Å². The van der Waals surface area contributed by atoms with Gasteiger partial charge in [-0.3, -0.25) is 4.72 Å². The molecule has 2 N–H and O–H groups in total. The van der Waals surface area contributed by atoms with Gasteiger partial charge in [0.1, 0.15) is 5.69 Å². The highest BCUT2D eigenvalue weighted by atomic mass is 32.2. The highest BCUT2D eigenvalue weighted by molar-refractivity contribution is 7.92. The third-order valence-corrected chi connectivity index (χ3v) is 9.97. The van der Waals surface area contributed by atoms with Crippen molar-refractivity contribution >= 4 is 31.4 Å². The predicted molar refractivity (Wildman–Crippen MR) is 145 cm³/mol. The van der Waals surface area contributed by atoms with E-state index < -0.39 is 25.6 Å². The fourth-order valence-corrected chi connectivity index (χ4v) is 6.72. The summed E-state index contributed by atoms with van der Waals surface area (Å²) in [5.41, 5.74) is 2.28. The molecule has 206 valence electrons. The first-order chi connectivity index (χ1) is 17.8. The average molecular weight is 563 g/mol. The Kier molecular flexibility index (Phi) is 6.59. The van der Waals surface area contributed by atoms with Gasteiger partial charge in [0, 0.05) is 18.6 Å². The van der Waals surface area contributed by atoms with E-state index in [-0.39, 0.29) is 16.6 Å². The molecule has 0 atom stereocenters. The van der Waals surface area contributed by atoms with Crippen molar-refractivity contribution in [2.45, 2.75) is 64.0 Å². The number of nitrogens with one attached hydrogen (secondary N) is 2. The Morgan fingerprint density at radius 2 is 1.71 bits per heavy atom. The van der Waals surface area contributed by atoms with Gasteiger partial charge < -0.3 is 9.32 Å². The van der Waals surface area contributed by atoms with Crippen LogP contribution in [0.4, 0.5) is 11.4 Å². The van der Waals surface area contributed by atoms with E-state index in [0.717, 1.165) is 37.3 Å². The van der Waals surface area contributed by atoms with Crippen LogP contribution >= 0.6 is 0 Å². The number of nitrogens with zero attached hydrogens (tertiary/aromatic N) is 4. The summed E-state index contributed by atoms with van der Waals surface area (Å²) in [7, 11) is -7.26. The maximum absolute atomic E-state index is 12.6. The molecule has 0 unspecified atom stereocenters. The molecule has 1 saturated carbocycles. The zero-order valence-corrected chi connectivity index (χ0v) is 23.7. The molecule has 2 aromatic heterocycles. The Labute approximate surface area is 223 Å². The smallest absolute Gasteiger partial charge is 0.274 e. The second kappa shape index (κ2) is 9.38. The van der Waals surface area contributed by atoms with E-state index in [0.29, 0.717) is 16.8 Å². The quantitative estimate of drug-likeness (QED) is 0.423. The molecule has 1 saturated heterocycles. The number of sulfonamides is 2. The van der Waals surface area contributed by atoms with Crippen LogP contribution in [0.2, 0.25) is 0 Å². The second-order valence-electron chi connectivity index (χ2n) is 11.2. The molecule has 1 aromatic carbocycles. The van der Waals surface area contributed by atoms with Crippen LogP contribution in [0.1, 0.15) is 53.4 Å². The van der Waals surface area contributed by atoms with Crippen molar-refractivity contribution in [3.05, 3.63) is 36.5 Å². The summed E-state index contributed by atoms with van der Waals surface area (Å²) < 4.78 is 62.1. The zero-order valence-electron chi connectivity index (χ0n) is 22.1. The highest BCUT2D eigenvalue weighted by Crippen LogP contribution is 2.54. The van der Waals surface area contributed by atoms with Crippen LogP contribution in [-0.4, -0.2) is 56.2 Å². The number of furan rings is 1. The van der Waals surface area contributed by atoms with Gasteiger partial charge in [0.05, 0.1) is 29.0 Å². The molecule has 3 heterocycles. The minimum Gasteiger partial charge on any atom is -0.441 e. The van der Waals surface area contributed by atoms with Crippen molar-refractivity contribution in [1.82, 2.24) is 19.7 Å². The summed E-state index contributed by atoms with van der Waals surface area (Å²) >= 11 is 0. The molecule has 0 amide bonds. The predicted octanol–water partition coefficient (Wildman–Crippen LogP) is 3.75. The number of benzene rings is 1. The molecule has 3 aromatic rings. The van der Waals surface area contributed by atoms with Gasteiger partial charge >= 0.3 is 0 Å². The Hall–Kier alpha value is -2.90. The van der Waals surface area contributed by atoms with Gasteiger partial charge in [-0.05, 0) is 89.1 Å². The zero-order chi connectivity index (χ0) is 27.3. The van der Waals surface area contributed by atoms with Gasteiger partial charge in [-0.25, -0.2) is 26.2 Å². The average Bonchev–Trinajstić information content (AvgIpc) is 3.23. The van der Waals surface area contributed by atoms with Gasteiger partial charge in [0.2, 0.25) is 15.1 Å². The van der Waals surface area contributed by atoms with Crippen molar-refractivity contribution in [2.24, 2.45) is 5.41 Å². The van der Waals surface area contributed by atoms with Gasteiger partial charge in [0.15, 0.2) is 5.76 Å². The molecular weight excluding hydrogens is 528 g/mol. The van der Waals surface area contributed by atoms with Crippen molar-refractivity contribution in [2.75, 3.05) is 28.5 Å². The van der Waals surface area contributed by atoms with E-state index in [1.165, 1.54) is 18.9 Å². The SMILES string of the molecule is CCS(=O)(=O)Nc1ccc(-n2cc(-c3ccc(S(=O)(=O)NC(C)(C)C)o3)nn2)c(N2CCC3(CC2)CC3)c1. The summed E-state index contributed by atoms with van der Waals surface area (Å²) in [6.45, 7) is 8.60. The number of rotatable bonds is 8. The van der Waals surface area contributed by atoms with Gasteiger partial charge in [-0.15, -0.1) is 5.10 Å². The first kappa shape index (κ1) is 26.7. The Morgan fingerprint density at radius 3 is 2.34 bits per heavy atom. The van der Waals surface area contributed by atoms with E-state index in [4.69, 9.17) is 4.42 Å². The first-order valence-corrected chi connectivity index (χ1v) is 15.9. The van der Waals surface area contributed by atoms with Gasteiger partial charge in [-0.2, -0.15) is 0 Å². The van der Waals surface area contributed by atoms with Crippen LogP contribution in [0.15, 0.2) is 46.0 Å². The normalized spacial score (nSPS) is 17.6. The van der Waals surface area contributed by atoms with E-state index in [1.807, 2.05) is 12.1 Å². The van der Waals surface area contributed by atoms with E-state index in [9.17, 15) is 16.8 Å². The summed E-state index contributed by atoms with van der Waals surface area (Å²) in [5, 5.41) is 8.31. The third kappa shape index (κ3) is 5.74. The van der Waals surface area contributed by atoms with Crippen molar-refractivity contribution in [3.63, 3.8) is 0 Å². The van der Waals surface area contributed by atoms with Crippen LogP contribution in [0.25, 0.3) is 17.1 Å². The van der Waals surface area contributed by atoms with Crippen LogP contribution < -0.4 is 14.3 Å². The highest BCUT2D eigenvalue weighted by Gasteiger charge is 2.44. The largest absolute Gasteiger partial charge is 0.441 e. The Morgan fingerprint density at radius 1 is 1.00 bits per heavy atom. The van der Waals surface area contributed by atoms with Crippen molar-refractivity contribution in [1.29, 1.82) is 0 Å². The molecule has 1 spiro atoms. The minimum absolute atomic E-state index is 0.0190. The second-order valence-corrected chi connectivity index (χ2v) is 14.8. The number of hydrogen-bond donors (Lipinski definition) is 2. The molecule has 1 aliphatic heterocycles. The first-order valence-electron chi connectivity index (χ1n) is 12.7. The van der Waals surface area contributed by atoms with E-state index in [2.05, 4.69) is 24.7 Å². The van der Waals surface area contributed by atoms with Gasteiger partial charge in [-0.1, -0.05) is 5.21 Å². The third-order valence-electron chi connectivity index (χ3n) is 7.03. The lowest BCUT2D eigenvalue weighted by Gasteiger charge is -2.35. The summed E-state index contributed by atoms with van der Waals surface area (Å²) in [6, 6.07) is 8.30. The minimum atomic E-state index is -3.83. The molecule has 11 nitrogen and oxygen atoms in total. The number of aromatic nitrogens is 3. The lowest BCUT2D eigenvalue weighted by Crippen LogP contribution is -2.40. The monoisotopic (exact) mass is 562 g/mol. The topological polar surface area (TPSA) is 139 Å². The maximum Gasteiger partial charge on any atom is 0.274 e. The van der Waals surface area contributed by atoms with Gasteiger partial charge in [0.25, 0.3) is 10.0 Å². The standard InChI is InChI=1S/C25H34N6O5S2/c1-5-37(32,33)27-18-6-7-20(21(16-18)30-14-12-25(10-11-25)13-15-30)31-17-19(26-29-31)22-8-9-23(36-22)38(34,35)28-24(2,3)4/h6-9,16-17,27-28H,5,10-15H2,1-4H3. The van der Waals surface area contributed by atoms with E-state index >= 15 is 0 Å². The van der Waals surface area contributed by atoms with E-state index in [1.54, 1.807) is 50.7 Å². The summed E-state index contributed by atoms with van der Waals surface area (Å²) in [5.74, 6) is 0.252. The maximum atomic E-state index is 12.6. The van der Waals surface area contributed by atoms with Crippen LogP contribution in [0.5, 0.6) is 0 Å². The Bertz CT molecular complexity index is 1540. The summed E-state index contributed by atoms with van der Waals surface area (Å²) in [4.78, 5) is 2.26. The molecule has 38 heavy (non-hydrogen) atoms. The lowest BCUT2D eigenvalue weighted by molar-refractivity contribution is 0.384. The van der Waals surface area contributed by atoms with Crippen molar-refractivity contribution in [3.8, 4) is 17.1 Å². The molecule has 1 aliphatic carbocycles. The van der Waals surface area contributed by atoms with Crippen molar-refractivity contribution < 1.29 is 21.3 Å². The molecule has 13 heteroatoms. The Balaban J connectivity index is 1.45. The summed E-state index contributed by atoms with van der Waals surface area (Å²) in [6.07, 6.45) is 6.44. The van der Waals surface area contributed by atoms with Crippen LogP contribution in [0.3, 0.4) is 0 Å². The number of anilines is 2. The molecule has 2 fully saturated rings. The molecule has 0 bridgehead atoms. The fourth-order valence-electron chi connectivity index (χ4n) is 4.73. The fraction of sp³-hybridized carbons (Fsp3) is 0.520. The molecule has 5 rings (SSSR count). The molecule has 0 radical (unpaired) electrons. The van der Waals surface area contributed by atoms with Crippen LogP contribution in [-0.2, 0) is 20.0 Å². The number of piperidine rings is 1.